The Labute approximate surface area is 222 Å². The van der Waals surface area contributed by atoms with Crippen LogP contribution in [0.3, 0.4) is 0 Å². The van der Waals surface area contributed by atoms with E-state index < -0.39 is 21.8 Å². The van der Waals surface area contributed by atoms with Gasteiger partial charge in [0.05, 0.1) is 17.5 Å². The van der Waals surface area contributed by atoms with E-state index in [9.17, 15) is 22.7 Å². The van der Waals surface area contributed by atoms with Crippen LogP contribution in [-0.2, 0) is 24.0 Å². The molecule has 1 saturated heterocycles. The summed E-state index contributed by atoms with van der Waals surface area (Å²) in [5, 5.41) is 6.10. The molecule has 10 heteroatoms. The van der Waals surface area contributed by atoms with Crippen LogP contribution in [0.15, 0.2) is 59.5 Å². The first-order valence-electron chi connectivity index (χ1n) is 12.4. The zero-order valence-corrected chi connectivity index (χ0v) is 21.6. The molecule has 0 radical (unpaired) electrons. The van der Waals surface area contributed by atoms with E-state index in [1.54, 1.807) is 24.0 Å². The summed E-state index contributed by atoms with van der Waals surface area (Å²) < 4.78 is 43.4. The van der Waals surface area contributed by atoms with Crippen LogP contribution in [0.25, 0.3) is 11.1 Å². The molecule has 38 heavy (non-hydrogen) atoms. The van der Waals surface area contributed by atoms with Crippen LogP contribution in [0.2, 0.25) is 0 Å². The Morgan fingerprint density at radius 1 is 1.13 bits per heavy atom. The van der Waals surface area contributed by atoms with E-state index in [0.29, 0.717) is 17.9 Å². The average Bonchev–Trinajstić information content (AvgIpc) is 3.12. The predicted molar refractivity (Wildman–Crippen MR) is 139 cm³/mol. The number of ether oxygens (including phenoxy) is 1. The summed E-state index contributed by atoms with van der Waals surface area (Å²) in [6.07, 6.45) is 0.175. The van der Waals surface area contributed by atoms with Gasteiger partial charge in [0.25, 0.3) is 11.8 Å². The second-order valence-corrected chi connectivity index (χ2v) is 10.2. The number of rotatable bonds is 6. The van der Waals surface area contributed by atoms with Gasteiger partial charge in [0.1, 0.15) is 18.2 Å². The number of amides is 2. The molecular weight excluding hydrogens is 509 g/mol. The number of benzene rings is 3. The maximum absolute atomic E-state index is 14.8. The lowest BCUT2D eigenvalue weighted by Gasteiger charge is -2.27. The molecule has 0 aliphatic carbocycles. The molecule has 3 aromatic carbocycles. The number of hydrogen-bond acceptors (Lipinski definition) is 6. The van der Waals surface area contributed by atoms with Crippen molar-refractivity contribution >= 4 is 22.9 Å². The van der Waals surface area contributed by atoms with Crippen LogP contribution in [0.5, 0.6) is 5.75 Å². The molecule has 1 atom stereocenters. The minimum atomic E-state index is -2.73. The Kier molecular flexibility index (Phi) is 7.55. The number of nitrogens with zero attached hydrogens (tertiary/aromatic N) is 1. The highest BCUT2D eigenvalue weighted by Gasteiger charge is 2.25. The highest BCUT2D eigenvalue weighted by molar-refractivity contribution is 7.79. The van der Waals surface area contributed by atoms with Gasteiger partial charge >= 0.3 is 0 Å². The Morgan fingerprint density at radius 3 is 2.53 bits per heavy atom. The molecule has 1 unspecified atom stereocenters. The second-order valence-electron chi connectivity index (χ2n) is 9.30. The maximum Gasteiger partial charge on any atom is 0.254 e. The summed E-state index contributed by atoms with van der Waals surface area (Å²) in [6, 6.07) is 15.7. The molecule has 0 bridgehead atoms. The molecule has 3 aromatic rings. The van der Waals surface area contributed by atoms with Crippen LogP contribution < -0.4 is 15.4 Å². The fourth-order valence-corrected chi connectivity index (χ4v) is 5.11. The monoisotopic (exact) mass is 536 g/mol. The largest absolute Gasteiger partial charge is 0.768 e. The molecule has 5 rings (SSSR count). The maximum atomic E-state index is 14.8. The first kappa shape index (κ1) is 26.0. The zero-order chi connectivity index (χ0) is 26.8. The summed E-state index contributed by atoms with van der Waals surface area (Å²) in [6.45, 7) is 4.05. The minimum absolute atomic E-state index is 0.0773. The number of carbonyl (C=O) groups is 2. The topological polar surface area (TPSA) is 111 Å². The van der Waals surface area contributed by atoms with Gasteiger partial charge in [0.15, 0.2) is 0 Å². The summed E-state index contributed by atoms with van der Waals surface area (Å²) >= 11 is -2.73. The van der Waals surface area contributed by atoms with Gasteiger partial charge < -0.3 is 24.8 Å². The SMILES string of the molecule is CCc1c(C(=O)N2CCOc3ccc(-c4ccc(C(=O)NC5CNC5)cc4)cc3C2)ccc(S(=O)[O-])c1F. The fraction of sp³-hybridized carbons (Fsp3) is 0.286. The van der Waals surface area contributed by atoms with Crippen LogP contribution in [0, 0.1) is 5.82 Å². The molecule has 0 spiro atoms. The number of fused-ring (bicyclic) bond motifs is 1. The number of halogens is 1. The Balaban J connectivity index is 1.37. The number of nitrogens with one attached hydrogen (secondary N) is 2. The van der Waals surface area contributed by atoms with Crippen LogP contribution >= 0.6 is 0 Å². The lowest BCUT2D eigenvalue weighted by molar-refractivity contribution is 0.0731. The molecule has 2 aliphatic heterocycles. The first-order valence-corrected chi connectivity index (χ1v) is 13.5. The molecular formula is C28H27FN3O5S-. The lowest BCUT2D eigenvalue weighted by Crippen LogP contribution is -2.56. The smallest absolute Gasteiger partial charge is 0.254 e. The van der Waals surface area contributed by atoms with E-state index in [0.717, 1.165) is 35.8 Å². The van der Waals surface area contributed by atoms with Crippen molar-refractivity contribution in [1.82, 2.24) is 15.5 Å². The molecule has 0 aromatic heterocycles. The summed E-state index contributed by atoms with van der Waals surface area (Å²) in [5.41, 5.74) is 3.41. The highest BCUT2D eigenvalue weighted by atomic mass is 32.2. The van der Waals surface area contributed by atoms with Crippen molar-refractivity contribution in [3.63, 3.8) is 0 Å². The van der Waals surface area contributed by atoms with Crippen LogP contribution in [0.4, 0.5) is 4.39 Å². The molecule has 2 N–H and O–H groups in total. The third-order valence-corrected chi connectivity index (χ3v) is 7.57. The fourth-order valence-electron chi connectivity index (χ4n) is 4.67. The Morgan fingerprint density at radius 2 is 1.87 bits per heavy atom. The van der Waals surface area contributed by atoms with Gasteiger partial charge in [-0.05, 0) is 65.0 Å². The molecule has 2 aliphatic rings. The van der Waals surface area contributed by atoms with E-state index >= 15 is 0 Å². The van der Waals surface area contributed by atoms with Gasteiger partial charge in [-0.15, -0.1) is 0 Å². The van der Waals surface area contributed by atoms with Crippen molar-refractivity contribution < 1.29 is 27.5 Å². The normalized spacial score (nSPS) is 16.0. The summed E-state index contributed by atoms with van der Waals surface area (Å²) in [7, 11) is 0. The van der Waals surface area contributed by atoms with Crippen molar-refractivity contribution in [3.8, 4) is 16.9 Å². The molecule has 198 valence electrons. The van der Waals surface area contributed by atoms with E-state index in [4.69, 9.17) is 4.74 Å². The number of carbonyl (C=O) groups excluding carboxylic acids is 2. The van der Waals surface area contributed by atoms with Crippen molar-refractivity contribution in [2.45, 2.75) is 30.8 Å². The lowest BCUT2D eigenvalue weighted by atomic mass is 10.00. The van der Waals surface area contributed by atoms with Crippen LogP contribution in [0.1, 0.15) is 38.8 Å². The van der Waals surface area contributed by atoms with Crippen molar-refractivity contribution in [3.05, 3.63) is 82.7 Å². The third kappa shape index (κ3) is 5.20. The van der Waals surface area contributed by atoms with Crippen molar-refractivity contribution in [2.75, 3.05) is 26.2 Å². The van der Waals surface area contributed by atoms with E-state index in [1.165, 1.54) is 6.07 Å². The molecule has 2 amide bonds. The second kappa shape index (κ2) is 11.0. The van der Waals surface area contributed by atoms with Crippen molar-refractivity contribution in [1.29, 1.82) is 0 Å². The van der Waals surface area contributed by atoms with Gasteiger partial charge in [-0.1, -0.05) is 25.1 Å². The van der Waals surface area contributed by atoms with Crippen LogP contribution in [-0.4, -0.2) is 57.8 Å². The highest BCUT2D eigenvalue weighted by Crippen LogP contribution is 2.31. The average molecular weight is 537 g/mol. The molecule has 8 nitrogen and oxygen atoms in total. The minimum Gasteiger partial charge on any atom is -0.768 e. The molecule has 2 heterocycles. The van der Waals surface area contributed by atoms with Gasteiger partial charge in [0, 0.05) is 41.9 Å². The van der Waals surface area contributed by atoms with E-state index in [2.05, 4.69) is 10.6 Å². The summed E-state index contributed by atoms with van der Waals surface area (Å²) in [5.74, 6) is -0.720. The predicted octanol–water partition coefficient (Wildman–Crippen LogP) is 3.03. The van der Waals surface area contributed by atoms with Gasteiger partial charge in [0.2, 0.25) is 0 Å². The third-order valence-electron chi connectivity index (χ3n) is 6.90. The molecule has 0 saturated carbocycles. The zero-order valence-electron chi connectivity index (χ0n) is 20.8. The first-order chi connectivity index (χ1) is 18.4. The standard InChI is InChI=1S/C28H28FN3O5S/c1-2-22-23(8-10-25(26(22)29)38(35)36)28(34)32-11-12-37-24-9-7-19(13-20(24)16-32)17-3-5-18(6-4-17)27(33)31-21-14-30-15-21/h3-10,13,21,30H,2,11-12,14-16H2,1H3,(H,31,33)(H,35,36)/p-1. The van der Waals surface area contributed by atoms with Gasteiger partial charge in [-0.3, -0.25) is 13.8 Å². The quantitative estimate of drug-likeness (QED) is 0.469. The number of hydrogen-bond donors (Lipinski definition) is 2. The van der Waals surface area contributed by atoms with Gasteiger partial charge in [-0.25, -0.2) is 4.39 Å². The van der Waals surface area contributed by atoms with Crippen molar-refractivity contribution in [2.24, 2.45) is 0 Å². The van der Waals surface area contributed by atoms with E-state index in [-0.39, 0.29) is 48.6 Å². The van der Waals surface area contributed by atoms with Gasteiger partial charge in [-0.2, -0.15) is 0 Å². The Hall–Kier alpha value is -3.60. The van der Waals surface area contributed by atoms with E-state index in [1.807, 2.05) is 30.3 Å². The summed E-state index contributed by atoms with van der Waals surface area (Å²) in [4.78, 5) is 27.0. The molecule has 1 fully saturated rings. The Bertz CT molecular complexity index is 1410.